The van der Waals surface area contributed by atoms with Gasteiger partial charge in [0, 0.05) is 0 Å². The van der Waals surface area contributed by atoms with Gasteiger partial charge in [-0.1, -0.05) is 48.5 Å². The van der Waals surface area contributed by atoms with E-state index in [-0.39, 0.29) is 11.4 Å². The van der Waals surface area contributed by atoms with Crippen molar-refractivity contribution < 1.29 is 9.53 Å². The fourth-order valence-electron chi connectivity index (χ4n) is 4.92. The fourth-order valence-corrected chi connectivity index (χ4v) is 4.92. The highest BCUT2D eigenvalue weighted by molar-refractivity contribution is 6.01. The van der Waals surface area contributed by atoms with Crippen molar-refractivity contribution in [3.05, 3.63) is 89.5 Å². The van der Waals surface area contributed by atoms with Crippen LogP contribution in [0.15, 0.2) is 72.8 Å². The molecule has 1 aliphatic carbocycles. The average Bonchev–Trinajstić information content (AvgIpc) is 2.80. The molecule has 0 unspecified atom stereocenters. The molecule has 2 aliphatic rings. The predicted molar refractivity (Wildman–Crippen MR) is 117 cm³/mol. The number of ketones is 1. The summed E-state index contributed by atoms with van der Waals surface area (Å²) in [4.78, 5) is 13.1. The van der Waals surface area contributed by atoms with Crippen LogP contribution >= 0.6 is 0 Å². The Bertz CT molecular complexity index is 1140. The number of fused-ring (bicyclic) bond motifs is 1. The second-order valence-corrected chi connectivity index (χ2v) is 8.47. The first kappa shape index (κ1) is 18.6. The number of Topliss-reactive ketones (excluding diaryl/α,β-unsaturated/α-hetero) is 1. The zero-order valence-corrected chi connectivity index (χ0v) is 16.8. The molecule has 0 N–H and O–H groups in total. The number of carbonyl (C=O) groups excluding carboxylic acids is 1. The molecule has 30 heavy (non-hydrogen) atoms. The minimum absolute atomic E-state index is 0.160. The van der Waals surface area contributed by atoms with Gasteiger partial charge < -0.3 is 4.74 Å². The second kappa shape index (κ2) is 7.46. The molecule has 148 valence electrons. The highest BCUT2D eigenvalue weighted by Gasteiger charge is 2.43. The third kappa shape index (κ3) is 3.39. The molecule has 0 aromatic heterocycles. The topological polar surface area (TPSA) is 50.1 Å². The summed E-state index contributed by atoms with van der Waals surface area (Å²) in [7, 11) is 0. The number of hydrogen-bond donors (Lipinski definition) is 0. The minimum Gasteiger partial charge on any atom is -0.486 e. The lowest BCUT2D eigenvalue weighted by Gasteiger charge is -2.43. The van der Waals surface area contributed by atoms with Gasteiger partial charge in [0.15, 0.2) is 5.78 Å². The lowest BCUT2D eigenvalue weighted by atomic mass is 9.72. The molecular formula is C27H23NO2. The minimum atomic E-state index is -0.363. The molecule has 1 spiro atoms. The van der Waals surface area contributed by atoms with Gasteiger partial charge in [-0.2, -0.15) is 5.26 Å². The Labute approximate surface area is 176 Å². The lowest BCUT2D eigenvalue weighted by Crippen LogP contribution is -2.44. The van der Waals surface area contributed by atoms with Crippen LogP contribution in [0, 0.1) is 11.3 Å². The summed E-state index contributed by atoms with van der Waals surface area (Å²) in [5.41, 5.74) is 4.17. The van der Waals surface area contributed by atoms with Crippen LogP contribution in [0.4, 0.5) is 0 Å². The van der Waals surface area contributed by atoms with E-state index in [0.29, 0.717) is 29.2 Å². The van der Waals surface area contributed by atoms with Gasteiger partial charge in [-0.3, -0.25) is 4.79 Å². The van der Waals surface area contributed by atoms with Crippen molar-refractivity contribution in [3.8, 4) is 22.9 Å². The molecule has 0 radical (unpaired) electrons. The summed E-state index contributed by atoms with van der Waals surface area (Å²) >= 11 is 0. The van der Waals surface area contributed by atoms with Gasteiger partial charge in [0.1, 0.15) is 11.4 Å². The number of hydrogen-bond acceptors (Lipinski definition) is 3. The number of carbonyl (C=O) groups is 1. The van der Waals surface area contributed by atoms with Crippen molar-refractivity contribution in [1.82, 2.24) is 0 Å². The van der Waals surface area contributed by atoms with Crippen LogP contribution in [0.2, 0.25) is 0 Å². The molecule has 1 heterocycles. The molecule has 0 bridgehead atoms. The van der Waals surface area contributed by atoms with E-state index in [9.17, 15) is 4.79 Å². The van der Waals surface area contributed by atoms with E-state index in [2.05, 4.69) is 36.4 Å². The van der Waals surface area contributed by atoms with Gasteiger partial charge >= 0.3 is 0 Å². The lowest BCUT2D eigenvalue weighted by molar-refractivity contribution is 0.00944. The van der Waals surface area contributed by atoms with Crippen molar-refractivity contribution in [2.75, 3.05) is 0 Å². The molecular weight excluding hydrogens is 370 g/mol. The molecule has 1 fully saturated rings. The first-order valence-electron chi connectivity index (χ1n) is 10.6. The van der Waals surface area contributed by atoms with E-state index in [1.54, 1.807) is 6.07 Å². The molecule has 0 atom stereocenters. The number of nitrogens with zero attached hydrogens (tertiary/aromatic N) is 1. The molecule has 3 aromatic carbocycles. The molecule has 3 aromatic rings. The van der Waals surface area contributed by atoms with Crippen molar-refractivity contribution in [2.45, 2.75) is 43.6 Å². The van der Waals surface area contributed by atoms with Crippen LogP contribution < -0.4 is 4.74 Å². The second-order valence-electron chi connectivity index (χ2n) is 8.47. The monoisotopic (exact) mass is 393 g/mol. The van der Waals surface area contributed by atoms with E-state index in [1.165, 1.54) is 5.56 Å². The summed E-state index contributed by atoms with van der Waals surface area (Å²) in [5, 5.41) is 9.15. The third-order valence-corrected chi connectivity index (χ3v) is 6.58. The first-order valence-corrected chi connectivity index (χ1v) is 10.6. The van der Waals surface area contributed by atoms with Gasteiger partial charge in [0.25, 0.3) is 0 Å². The van der Waals surface area contributed by atoms with Crippen molar-refractivity contribution in [2.24, 2.45) is 0 Å². The average molecular weight is 393 g/mol. The Morgan fingerprint density at radius 3 is 2.43 bits per heavy atom. The van der Waals surface area contributed by atoms with Gasteiger partial charge in [0.05, 0.1) is 23.6 Å². The standard InChI is InChI=1S/C27H23NO2/c28-18-19-5-4-8-22(15-19)23-9-10-26-24(16-23)25(29)17-27(30-26)13-11-21(12-14-27)20-6-2-1-3-7-20/h1-10,15-16,21H,11-14,17H2. The Hall–Kier alpha value is -3.38. The van der Waals surface area contributed by atoms with E-state index < -0.39 is 0 Å². The number of ether oxygens (including phenoxy) is 1. The smallest absolute Gasteiger partial charge is 0.170 e. The summed E-state index contributed by atoms with van der Waals surface area (Å²) in [6, 6.07) is 26.1. The SMILES string of the molecule is N#Cc1cccc(-c2ccc3c(c2)C(=O)CC2(CCC(c4ccccc4)CC2)O3)c1. The van der Waals surface area contributed by atoms with Crippen molar-refractivity contribution in [1.29, 1.82) is 5.26 Å². The predicted octanol–water partition coefficient (Wildman–Crippen LogP) is 6.29. The van der Waals surface area contributed by atoms with Gasteiger partial charge in [-0.25, -0.2) is 0 Å². The van der Waals surface area contributed by atoms with E-state index >= 15 is 0 Å². The third-order valence-electron chi connectivity index (χ3n) is 6.58. The first-order chi connectivity index (χ1) is 14.7. The molecule has 3 heteroatoms. The van der Waals surface area contributed by atoms with Crippen LogP contribution in [-0.4, -0.2) is 11.4 Å². The van der Waals surface area contributed by atoms with Crippen molar-refractivity contribution in [3.63, 3.8) is 0 Å². The largest absolute Gasteiger partial charge is 0.486 e. The van der Waals surface area contributed by atoms with E-state index in [1.807, 2.05) is 36.4 Å². The maximum absolute atomic E-state index is 13.1. The van der Waals surface area contributed by atoms with E-state index in [4.69, 9.17) is 10.00 Å². The number of benzene rings is 3. The number of rotatable bonds is 2. The fraction of sp³-hybridized carbons (Fsp3) is 0.259. The maximum atomic E-state index is 13.1. The highest BCUT2D eigenvalue weighted by atomic mass is 16.5. The Morgan fingerprint density at radius 2 is 1.67 bits per heavy atom. The summed E-state index contributed by atoms with van der Waals surface area (Å²) < 4.78 is 6.48. The van der Waals surface area contributed by atoms with Crippen LogP contribution in [0.5, 0.6) is 5.75 Å². The normalized spacial score (nSPS) is 22.8. The molecule has 5 rings (SSSR count). The maximum Gasteiger partial charge on any atom is 0.170 e. The summed E-state index contributed by atoms with van der Waals surface area (Å²) in [5.74, 6) is 1.41. The molecule has 1 aliphatic heterocycles. The van der Waals surface area contributed by atoms with Crippen LogP contribution in [0.1, 0.15) is 59.5 Å². The molecule has 3 nitrogen and oxygen atoms in total. The van der Waals surface area contributed by atoms with Crippen LogP contribution in [-0.2, 0) is 0 Å². The van der Waals surface area contributed by atoms with Gasteiger partial charge in [-0.15, -0.1) is 0 Å². The zero-order valence-electron chi connectivity index (χ0n) is 16.8. The summed E-state index contributed by atoms with van der Waals surface area (Å²) in [6.07, 6.45) is 4.36. The number of nitriles is 1. The van der Waals surface area contributed by atoms with Crippen LogP contribution in [0.3, 0.4) is 0 Å². The molecule has 0 saturated heterocycles. The van der Waals surface area contributed by atoms with Gasteiger partial charge in [0.2, 0.25) is 0 Å². The molecule has 1 saturated carbocycles. The van der Waals surface area contributed by atoms with Gasteiger partial charge in [-0.05, 0) is 72.6 Å². The highest BCUT2D eigenvalue weighted by Crippen LogP contribution is 2.46. The molecule has 0 amide bonds. The Kier molecular flexibility index (Phi) is 4.64. The van der Waals surface area contributed by atoms with E-state index in [0.717, 1.165) is 36.8 Å². The Balaban J connectivity index is 1.37. The Morgan fingerprint density at radius 1 is 0.900 bits per heavy atom. The zero-order chi connectivity index (χ0) is 20.6. The van der Waals surface area contributed by atoms with Crippen LogP contribution in [0.25, 0.3) is 11.1 Å². The quantitative estimate of drug-likeness (QED) is 0.514. The summed E-state index contributed by atoms with van der Waals surface area (Å²) in [6.45, 7) is 0. The van der Waals surface area contributed by atoms with Crippen molar-refractivity contribution >= 4 is 5.78 Å².